The van der Waals surface area contributed by atoms with E-state index in [4.69, 9.17) is 0 Å². The molecule has 4 heteroatoms. The minimum absolute atomic E-state index is 0.439. The van der Waals surface area contributed by atoms with Crippen molar-refractivity contribution < 1.29 is 5.11 Å². The summed E-state index contributed by atoms with van der Waals surface area (Å²) >= 11 is 3.41. The molecule has 2 unspecified atom stereocenters. The van der Waals surface area contributed by atoms with E-state index in [1.54, 1.807) is 6.20 Å². The molecule has 2 rings (SSSR count). The Kier molecular flexibility index (Phi) is 3.85. The molecule has 1 aliphatic rings. The molecular formula is C13H19BrN2O. The minimum Gasteiger partial charge on any atom is -0.389 e. The van der Waals surface area contributed by atoms with Crippen molar-refractivity contribution in [1.29, 1.82) is 0 Å². The van der Waals surface area contributed by atoms with E-state index < -0.39 is 5.60 Å². The SMILES string of the molecule is CC1CC(O)(Cc2cncc(Br)c2)CCN1C. The van der Waals surface area contributed by atoms with Gasteiger partial charge in [0, 0.05) is 35.9 Å². The Morgan fingerprint density at radius 2 is 2.35 bits per heavy atom. The van der Waals surface area contributed by atoms with E-state index >= 15 is 0 Å². The Morgan fingerprint density at radius 1 is 1.59 bits per heavy atom. The average molecular weight is 299 g/mol. The van der Waals surface area contributed by atoms with Gasteiger partial charge in [0.15, 0.2) is 0 Å². The number of hydrogen-bond acceptors (Lipinski definition) is 3. The summed E-state index contributed by atoms with van der Waals surface area (Å²) in [5.74, 6) is 0. The molecule has 0 amide bonds. The van der Waals surface area contributed by atoms with E-state index in [9.17, 15) is 5.11 Å². The molecule has 2 heterocycles. The number of aliphatic hydroxyl groups is 1. The number of piperidine rings is 1. The lowest BCUT2D eigenvalue weighted by Crippen LogP contribution is -2.48. The molecule has 0 radical (unpaired) electrons. The van der Waals surface area contributed by atoms with Crippen molar-refractivity contribution in [3.8, 4) is 0 Å². The van der Waals surface area contributed by atoms with Gasteiger partial charge in [-0.1, -0.05) is 0 Å². The highest BCUT2D eigenvalue weighted by Gasteiger charge is 2.35. The van der Waals surface area contributed by atoms with Crippen molar-refractivity contribution in [2.45, 2.75) is 37.8 Å². The summed E-state index contributed by atoms with van der Waals surface area (Å²) in [6.45, 7) is 3.13. The molecule has 94 valence electrons. The van der Waals surface area contributed by atoms with E-state index in [1.165, 1.54) is 0 Å². The van der Waals surface area contributed by atoms with Crippen LogP contribution in [-0.4, -0.2) is 40.2 Å². The standard InChI is InChI=1S/C13H19BrN2O/c1-10-6-13(17,3-4-16(10)2)7-11-5-12(14)9-15-8-11/h5,8-10,17H,3-4,6-7H2,1-2H3. The Balaban J connectivity index is 2.07. The Labute approximate surface area is 111 Å². The number of hydrogen-bond donors (Lipinski definition) is 1. The minimum atomic E-state index is -0.575. The molecule has 0 spiro atoms. The monoisotopic (exact) mass is 298 g/mol. The molecule has 1 aliphatic heterocycles. The molecule has 0 saturated carbocycles. The van der Waals surface area contributed by atoms with Crippen molar-refractivity contribution in [2.24, 2.45) is 0 Å². The van der Waals surface area contributed by atoms with Crippen LogP contribution in [0.2, 0.25) is 0 Å². The van der Waals surface area contributed by atoms with Crippen LogP contribution in [0.15, 0.2) is 22.9 Å². The molecular weight excluding hydrogens is 280 g/mol. The topological polar surface area (TPSA) is 36.4 Å². The van der Waals surface area contributed by atoms with Gasteiger partial charge in [0.25, 0.3) is 0 Å². The largest absolute Gasteiger partial charge is 0.389 e. The molecule has 0 aromatic carbocycles. The second-order valence-corrected chi connectivity index (χ2v) is 6.11. The molecule has 17 heavy (non-hydrogen) atoms. The van der Waals surface area contributed by atoms with Gasteiger partial charge in [-0.3, -0.25) is 4.98 Å². The average Bonchev–Trinajstić information content (AvgIpc) is 2.24. The lowest BCUT2D eigenvalue weighted by atomic mass is 9.83. The fourth-order valence-corrected chi connectivity index (χ4v) is 2.92. The number of likely N-dealkylation sites (tertiary alicyclic amines) is 1. The summed E-state index contributed by atoms with van der Waals surface area (Å²) in [5, 5.41) is 10.6. The molecule has 1 saturated heterocycles. The van der Waals surface area contributed by atoms with Crippen molar-refractivity contribution in [1.82, 2.24) is 9.88 Å². The summed E-state index contributed by atoms with van der Waals surface area (Å²) < 4.78 is 0.972. The predicted molar refractivity (Wildman–Crippen MR) is 71.9 cm³/mol. The second-order valence-electron chi connectivity index (χ2n) is 5.20. The Morgan fingerprint density at radius 3 is 3.00 bits per heavy atom. The van der Waals surface area contributed by atoms with Crippen LogP contribution in [0.4, 0.5) is 0 Å². The zero-order valence-electron chi connectivity index (χ0n) is 10.4. The first kappa shape index (κ1) is 13.0. The van der Waals surface area contributed by atoms with Crippen LogP contribution in [-0.2, 0) is 6.42 Å². The molecule has 0 aliphatic carbocycles. The third-order valence-electron chi connectivity index (χ3n) is 3.65. The van der Waals surface area contributed by atoms with Crippen LogP contribution < -0.4 is 0 Å². The lowest BCUT2D eigenvalue weighted by Gasteiger charge is -2.41. The van der Waals surface area contributed by atoms with Gasteiger partial charge >= 0.3 is 0 Å². The van der Waals surface area contributed by atoms with E-state index in [1.807, 2.05) is 12.3 Å². The third kappa shape index (κ3) is 3.27. The van der Waals surface area contributed by atoms with Crippen LogP contribution in [0, 0.1) is 0 Å². The van der Waals surface area contributed by atoms with Gasteiger partial charge in [0.05, 0.1) is 5.60 Å². The Bertz CT molecular complexity index is 399. The smallest absolute Gasteiger partial charge is 0.0715 e. The highest BCUT2D eigenvalue weighted by atomic mass is 79.9. The highest BCUT2D eigenvalue weighted by molar-refractivity contribution is 9.10. The maximum Gasteiger partial charge on any atom is 0.0715 e. The number of rotatable bonds is 2. The molecule has 2 atom stereocenters. The van der Waals surface area contributed by atoms with Gasteiger partial charge in [-0.2, -0.15) is 0 Å². The van der Waals surface area contributed by atoms with E-state index in [-0.39, 0.29) is 0 Å². The first-order valence-electron chi connectivity index (χ1n) is 6.01. The zero-order valence-corrected chi connectivity index (χ0v) is 11.9. The first-order valence-corrected chi connectivity index (χ1v) is 6.80. The Hall–Kier alpha value is -0.450. The molecule has 0 bridgehead atoms. The summed E-state index contributed by atoms with van der Waals surface area (Å²) in [7, 11) is 2.12. The van der Waals surface area contributed by atoms with Crippen molar-refractivity contribution in [3.05, 3.63) is 28.5 Å². The number of halogens is 1. The van der Waals surface area contributed by atoms with Crippen LogP contribution in [0.25, 0.3) is 0 Å². The third-order valence-corrected chi connectivity index (χ3v) is 4.09. The highest BCUT2D eigenvalue weighted by Crippen LogP contribution is 2.29. The van der Waals surface area contributed by atoms with Crippen molar-refractivity contribution in [3.63, 3.8) is 0 Å². The van der Waals surface area contributed by atoms with E-state index in [2.05, 4.69) is 39.8 Å². The molecule has 1 aromatic heterocycles. The number of pyridine rings is 1. The van der Waals surface area contributed by atoms with Gasteiger partial charge in [-0.05, 0) is 54.4 Å². The zero-order chi connectivity index (χ0) is 12.5. The summed E-state index contributed by atoms with van der Waals surface area (Å²) in [5.41, 5.74) is 0.521. The number of nitrogens with zero attached hydrogens (tertiary/aromatic N) is 2. The quantitative estimate of drug-likeness (QED) is 0.910. The van der Waals surface area contributed by atoms with E-state index in [0.29, 0.717) is 12.5 Å². The number of aromatic nitrogens is 1. The maximum absolute atomic E-state index is 10.6. The molecule has 3 nitrogen and oxygen atoms in total. The van der Waals surface area contributed by atoms with Crippen LogP contribution >= 0.6 is 15.9 Å². The van der Waals surface area contributed by atoms with E-state index in [0.717, 1.165) is 29.4 Å². The van der Waals surface area contributed by atoms with Crippen molar-refractivity contribution in [2.75, 3.05) is 13.6 Å². The summed E-state index contributed by atoms with van der Waals surface area (Å²) in [6, 6.07) is 2.47. The fraction of sp³-hybridized carbons (Fsp3) is 0.615. The first-order chi connectivity index (χ1) is 7.98. The molecule has 1 fully saturated rings. The van der Waals surface area contributed by atoms with Gasteiger partial charge < -0.3 is 10.0 Å². The van der Waals surface area contributed by atoms with Gasteiger partial charge in [-0.15, -0.1) is 0 Å². The van der Waals surface area contributed by atoms with Crippen molar-refractivity contribution >= 4 is 15.9 Å². The normalized spacial score (nSPS) is 30.5. The van der Waals surface area contributed by atoms with Crippen LogP contribution in [0.5, 0.6) is 0 Å². The predicted octanol–water partition coefficient (Wildman–Crippen LogP) is 2.23. The fourth-order valence-electron chi connectivity index (χ4n) is 2.51. The van der Waals surface area contributed by atoms with Gasteiger partial charge in [0.2, 0.25) is 0 Å². The molecule has 1 N–H and O–H groups in total. The summed E-state index contributed by atoms with van der Waals surface area (Å²) in [6.07, 6.45) is 5.96. The second kappa shape index (κ2) is 5.04. The van der Waals surface area contributed by atoms with Gasteiger partial charge in [0.1, 0.15) is 0 Å². The van der Waals surface area contributed by atoms with Gasteiger partial charge in [-0.25, -0.2) is 0 Å². The summed E-state index contributed by atoms with van der Waals surface area (Å²) in [4.78, 5) is 6.45. The van der Waals surface area contributed by atoms with Crippen LogP contribution in [0.3, 0.4) is 0 Å². The van der Waals surface area contributed by atoms with Crippen LogP contribution in [0.1, 0.15) is 25.3 Å². The maximum atomic E-state index is 10.6. The molecule has 1 aromatic rings. The lowest BCUT2D eigenvalue weighted by molar-refractivity contribution is -0.0354.